The normalized spacial score (nSPS) is 19.4. The predicted octanol–water partition coefficient (Wildman–Crippen LogP) is 3.81. The Morgan fingerprint density at radius 3 is 2.29 bits per heavy atom. The molecule has 0 bridgehead atoms. The van der Waals surface area contributed by atoms with E-state index in [4.69, 9.17) is 9.47 Å². The van der Waals surface area contributed by atoms with Crippen LogP contribution in [-0.4, -0.2) is 114 Å². The number of nitrogens with zero attached hydrogens (tertiary/aromatic N) is 6. The number of aldehydes is 1. The lowest BCUT2D eigenvalue weighted by Crippen LogP contribution is -2.57. The van der Waals surface area contributed by atoms with Crippen molar-refractivity contribution < 1.29 is 19.1 Å². The third-order valence-electron chi connectivity index (χ3n) is 8.20. The summed E-state index contributed by atoms with van der Waals surface area (Å²) in [6.45, 7) is 15.1. The Bertz CT molecular complexity index is 1230. The van der Waals surface area contributed by atoms with Gasteiger partial charge in [0.25, 0.3) is 0 Å². The lowest BCUT2D eigenvalue weighted by Gasteiger charge is -2.42. The molecule has 42 heavy (non-hydrogen) atoms. The van der Waals surface area contributed by atoms with E-state index in [9.17, 15) is 9.59 Å². The van der Waals surface area contributed by atoms with Crippen molar-refractivity contribution in [2.75, 3.05) is 69.6 Å². The minimum atomic E-state index is -0.547. The van der Waals surface area contributed by atoms with E-state index in [1.165, 1.54) is 31.6 Å². The number of hydrogen-bond acceptors (Lipinski definition) is 10. The number of benzene rings is 1. The molecule has 0 radical (unpaired) electrons. The average molecular weight is 580 g/mol. The molecule has 3 aliphatic rings. The number of aryl methyl sites for hydroxylation is 1. The summed E-state index contributed by atoms with van der Waals surface area (Å²) in [7, 11) is 2.20. The van der Waals surface area contributed by atoms with Crippen LogP contribution < -0.4 is 15.0 Å². The monoisotopic (exact) mass is 579 g/mol. The van der Waals surface area contributed by atoms with Crippen LogP contribution in [0.4, 0.5) is 22.0 Å². The molecule has 1 N–H and O–H groups in total. The molecule has 5 rings (SSSR count). The van der Waals surface area contributed by atoms with E-state index >= 15 is 0 Å². The van der Waals surface area contributed by atoms with Gasteiger partial charge in [-0.2, -0.15) is 4.98 Å². The number of likely N-dealkylation sites (N-methyl/N-ethyl adjacent to an activating group) is 1. The van der Waals surface area contributed by atoms with Crippen LogP contribution in [0.25, 0.3) is 0 Å². The maximum Gasteiger partial charge on any atom is 0.410 e. The van der Waals surface area contributed by atoms with E-state index < -0.39 is 5.60 Å². The first-order valence-corrected chi connectivity index (χ1v) is 15.2. The molecule has 0 aliphatic carbocycles. The molecule has 228 valence electrons. The van der Waals surface area contributed by atoms with Gasteiger partial charge in [0.2, 0.25) is 5.88 Å². The molecule has 0 atom stereocenters. The topological polar surface area (TPSA) is 103 Å². The minimum Gasteiger partial charge on any atom is -0.469 e. The van der Waals surface area contributed by atoms with Crippen LogP contribution >= 0.6 is 0 Å². The van der Waals surface area contributed by atoms with Gasteiger partial charge in [0.05, 0.1) is 13.1 Å². The Balaban J connectivity index is 1.18. The molecule has 1 aromatic carbocycles. The second-order valence-electron chi connectivity index (χ2n) is 12.5. The fourth-order valence-corrected chi connectivity index (χ4v) is 5.68. The molecular weight excluding hydrogens is 534 g/mol. The summed E-state index contributed by atoms with van der Waals surface area (Å²) < 4.78 is 11.6. The van der Waals surface area contributed by atoms with Gasteiger partial charge in [-0.05, 0) is 71.3 Å². The molecule has 0 spiro atoms. The molecule has 1 amide bonds. The van der Waals surface area contributed by atoms with Crippen LogP contribution in [0.2, 0.25) is 0 Å². The Hall–Kier alpha value is -3.44. The average Bonchev–Trinajstić information content (AvgIpc) is 2.95. The lowest BCUT2D eigenvalue weighted by atomic mass is 10.0. The lowest BCUT2D eigenvalue weighted by molar-refractivity contribution is -0.0235. The Kier molecular flexibility index (Phi) is 9.17. The number of likely N-dealkylation sites (tertiary alicyclic amines) is 1. The summed E-state index contributed by atoms with van der Waals surface area (Å²) in [5.41, 5.74) is 2.31. The number of amides is 1. The molecule has 11 nitrogen and oxygen atoms in total. The van der Waals surface area contributed by atoms with Gasteiger partial charge in [-0.25, -0.2) is 9.78 Å². The van der Waals surface area contributed by atoms with Crippen LogP contribution in [0.1, 0.15) is 56.7 Å². The van der Waals surface area contributed by atoms with Crippen LogP contribution in [0.15, 0.2) is 24.3 Å². The van der Waals surface area contributed by atoms with Gasteiger partial charge in [0, 0.05) is 56.7 Å². The van der Waals surface area contributed by atoms with Gasteiger partial charge >= 0.3 is 6.09 Å². The second kappa shape index (κ2) is 12.8. The van der Waals surface area contributed by atoms with Gasteiger partial charge < -0.3 is 29.5 Å². The van der Waals surface area contributed by atoms with E-state index in [0.29, 0.717) is 49.2 Å². The van der Waals surface area contributed by atoms with E-state index in [1.54, 1.807) is 4.90 Å². The molecule has 3 fully saturated rings. The highest BCUT2D eigenvalue weighted by molar-refractivity contribution is 5.82. The molecule has 4 heterocycles. The van der Waals surface area contributed by atoms with Crippen LogP contribution in [0.3, 0.4) is 0 Å². The highest BCUT2D eigenvalue weighted by Gasteiger charge is 2.36. The number of piperazine rings is 1. The molecule has 3 aliphatic heterocycles. The SMILES string of the molecule is CCc1nc(C=O)c(Nc2ccc(N3CCC(N4CCN(C)CC4)CC3)cc2)nc1OC1CN(C(=O)OC(C)(C)C)C1. The first-order valence-electron chi connectivity index (χ1n) is 15.2. The molecule has 11 heteroatoms. The smallest absolute Gasteiger partial charge is 0.410 e. The van der Waals surface area contributed by atoms with Gasteiger partial charge in [-0.3, -0.25) is 9.69 Å². The van der Waals surface area contributed by atoms with Crippen LogP contribution in [0, 0.1) is 0 Å². The van der Waals surface area contributed by atoms with Crippen LogP contribution in [-0.2, 0) is 11.2 Å². The first kappa shape index (κ1) is 30.0. The van der Waals surface area contributed by atoms with Crippen molar-refractivity contribution in [1.29, 1.82) is 0 Å². The highest BCUT2D eigenvalue weighted by Crippen LogP contribution is 2.28. The van der Waals surface area contributed by atoms with Gasteiger partial charge in [0.1, 0.15) is 23.1 Å². The molecular formula is C31H45N7O4. The van der Waals surface area contributed by atoms with E-state index in [-0.39, 0.29) is 17.9 Å². The van der Waals surface area contributed by atoms with E-state index in [2.05, 4.69) is 49.2 Å². The number of piperidine rings is 1. The summed E-state index contributed by atoms with van der Waals surface area (Å²) >= 11 is 0. The summed E-state index contributed by atoms with van der Waals surface area (Å²) in [6, 6.07) is 8.93. The summed E-state index contributed by atoms with van der Waals surface area (Å²) in [5, 5.41) is 3.26. The molecule has 1 aromatic heterocycles. The zero-order valence-corrected chi connectivity index (χ0v) is 25.6. The van der Waals surface area contributed by atoms with Crippen molar-refractivity contribution in [3.63, 3.8) is 0 Å². The third-order valence-corrected chi connectivity index (χ3v) is 8.20. The fourth-order valence-electron chi connectivity index (χ4n) is 5.68. The zero-order chi connectivity index (χ0) is 29.9. The molecule has 0 saturated carbocycles. The number of carbonyl (C=O) groups excluding carboxylic acids is 2. The number of rotatable bonds is 8. The van der Waals surface area contributed by atoms with Crippen molar-refractivity contribution in [2.45, 2.75) is 64.7 Å². The second-order valence-corrected chi connectivity index (χ2v) is 12.5. The Morgan fingerprint density at radius 1 is 1.02 bits per heavy atom. The predicted molar refractivity (Wildman–Crippen MR) is 163 cm³/mol. The van der Waals surface area contributed by atoms with Crippen molar-refractivity contribution in [3.05, 3.63) is 35.7 Å². The Morgan fingerprint density at radius 2 is 1.69 bits per heavy atom. The number of anilines is 3. The third kappa shape index (κ3) is 7.30. The number of aromatic nitrogens is 2. The maximum atomic E-state index is 12.3. The standard InChI is InChI=1S/C31H45N7O4/c1-6-26-29(41-25-19-38(20-25)30(40)42-31(2,3)4)34-28(27(21-39)33-26)32-22-7-9-23(10-8-22)36-13-11-24(12-14-36)37-17-15-35(5)16-18-37/h7-10,21,24-25H,6,11-20H2,1-5H3,(H,32,34). The molecule has 0 unspecified atom stereocenters. The number of nitrogens with one attached hydrogen (secondary N) is 1. The quantitative estimate of drug-likeness (QED) is 0.465. The molecule has 2 aromatic rings. The Labute approximate surface area is 249 Å². The largest absolute Gasteiger partial charge is 0.469 e. The van der Waals surface area contributed by atoms with Gasteiger partial charge in [0.15, 0.2) is 12.1 Å². The summed E-state index contributed by atoms with van der Waals surface area (Å²) in [5.74, 6) is 0.723. The highest BCUT2D eigenvalue weighted by atomic mass is 16.6. The van der Waals surface area contributed by atoms with Crippen molar-refractivity contribution in [1.82, 2.24) is 24.7 Å². The van der Waals surface area contributed by atoms with Crippen LogP contribution in [0.5, 0.6) is 5.88 Å². The van der Waals surface area contributed by atoms with Crippen molar-refractivity contribution in [2.24, 2.45) is 0 Å². The molecule has 3 saturated heterocycles. The van der Waals surface area contributed by atoms with Crippen molar-refractivity contribution in [3.8, 4) is 5.88 Å². The zero-order valence-electron chi connectivity index (χ0n) is 25.6. The number of ether oxygens (including phenoxy) is 2. The van der Waals surface area contributed by atoms with E-state index in [0.717, 1.165) is 31.9 Å². The van der Waals surface area contributed by atoms with Gasteiger partial charge in [-0.15, -0.1) is 0 Å². The first-order chi connectivity index (χ1) is 20.1. The summed E-state index contributed by atoms with van der Waals surface area (Å²) in [6.07, 6.45) is 3.07. The number of hydrogen-bond donors (Lipinski definition) is 1. The maximum absolute atomic E-state index is 12.3. The van der Waals surface area contributed by atoms with Gasteiger partial charge in [-0.1, -0.05) is 6.92 Å². The summed E-state index contributed by atoms with van der Waals surface area (Å²) in [4.78, 5) is 42.5. The number of carbonyl (C=O) groups is 2. The minimum absolute atomic E-state index is 0.216. The van der Waals surface area contributed by atoms with Crippen molar-refractivity contribution >= 4 is 29.6 Å². The fraction of sp³-hybridized carbons (Fsp3) is 0.613. The van der Waals surface area contributed by atoms with E-state index in [1.807, 2.05) is 39.8 Å².